The van der Waals surface area contributed by atoms with Gasteiger partial charge < -0.3 is 19.9 Å². The van der Waals surface area contributed by atoms with Crippen LogP contribution in [0.15, 0.2) is 15.8 Å². The number of nitrogens with zero attached hydrogens (tertiary/aromatic N) is 1. The zero-order valence-corrected chi connectivity index (χ0v) is 14.0. The van der Waals surface area contributed by atoms with Crippen LogP contribution in [0.3, 0.4) is 0 Å². The molecule has 1 fully saturated rings. The van der Waals surface area contributed by atoms with Gasteiger partial charge in [0.1, 0.15) is 12.6 Å². The number of carbonyl (C=O) groups excluding carboxylic acids is 1. The molecule has 0 aromatic carbocycles. The van der Waals surface area contributed by atoms with Crippen LogP contribution in [0.4, 0.5) is 0 Å². The maximum absolute atomic E-state index is 11.8. The number of esters is 1. The van der Waals surface area contributed by atoms with E-state index in [9.17, 15) is 14.4 Å². The Morgan fingerprint density at radius 2 is 2.21 bits per heavy atom. The van der Waals surface area contributed by atoms with Crippen molar-refractivity contribution in [3.05, 3.63) is 32.6 Å². The van der Waals surface area contributed by atoms with Crippen molar-refractivity contribution in [2.45, 2.75) is 45.8 Å². The lowest BCUT2D eigenvalue weighted by Gasteiger charge is -2.16. The van der Waals surface area contributed by atoms with Gasteiger partial charge in [0.05, 0.1) is 6.61 Å². The summed E-state index contributed by atoms with van der Waals surface area (Å²) in [6.45, 7) is 5.50. The minimum Gasteiger partial charge on any atom is -0.459 e. The molecule has 1 aliphatic heterocycles. The highest BCUT2D eigenvalue weighted by molar-refractivity contribution is 5.75. The second-order valence-electron chi connectivity index (χ2n) is 6.20. The number of aryl methyl sites for hydroxylation is 1. The largest absolute Gasteiger partial charge is 0.459 e. The number of nitrogens with one attached hydrogen (secondary N) is 1. The van der Waals surface area contributed by atoms with Crippen LogP contribution in [0.1, 0.15) is 32.1 Å². The van der Waals surface area contributed by atoms with Crippen LogP contribution in [0.5, 0.6) is 0 Å². The molecule has 1 aliphatic rings. The summed E-state index contributed by atoms with van der Waals surface area (Å²) in [4.78, 5) is 37.2. The zero-order chi connectivity index (χ0) is 17.9. The minimum absolute atomic E-state index is 0.103. The highest BCUT2D eigenvalue weighted by Crippen LogP contribution is 2.19. The van der Waals surface area contributed by atoms with Crippen LogP contribution in [-0.4, -0.2) is 41.1 Å². The van der Waals surface area contributed by atoms with Crippen molar-refractivity contribution >= 4 is 5.97 Å². The first-order valence-corrected chi connectivity index (χ1v) is 7.79. The second kappa shape index (κ2) is 7.73. The summed E-state index contributed by atoms with van der Waals surface area (Å²) in [5.74, 6) is -0.234. The number of aromatic nitrogens is 2. The van der Waals surface area contributed by atoms with Gasteiger partial charge in [0, 0.05) is 11.8 Å². The Balaban J connectivity index is 1.90. The molecule has 2 unspecified atom stereocenters. The Hall–Kier alpha value is -1.97. The monoisotopic (exact) mass is 341 g/mol. The van der Waals surface area contributed by atoms with E-state index in [0.717, 1.165) is 0 Å². The van der Waals surface area contributed by atoms with Crippen LogP contribution in [0.25, 0.3) is 0 Å². The first kappa shape index (κ1) is 18.4. The molecule has 2 rings (SSSR count). The molecule has 9 heteroatoms. The Morgan fingerprint density at radius 1 is 1.50 bits per heavy atom. The quantitative estimate of drug-likeness (QED) is 0.676. The van der Waals surface area contributed by atoms with Gasteiger partial charge in [-0.25, -0.2) is 4.79 Å². The average molecular weight is 341 g/mol. The number of hydrogen-bond acceptors (Lipinski definition) is 7. The van der Waals surface area contributed by atoms with Gasteiger partial charge in [0.25, 0.3) is 5.56 Å². The summed E-state index contributed by atoms with van der Waals surface area (Å²) in [6.07, 6.45) is 0.451. The molecule has 0 saturated carbocycles. The molecule has 9 nitrogen and oxygen atoms in total. The molecule has 0 bridgehead atoms. The van der Waals surface area contributed by atoms with E-state index in [1.165, 1.54) is 10.8 Å². The topological polar surface area (TPSA) is 126 Å². The Labute approximate surface area is 138 Å². The van der Waals surface area contributed by atoms with Crippen LogP contribution in [-0.2, 0) is 19.0 Å². The Bertz CT molecular complexity index is 695. The SMILES string of the molecule is Cc1cn(C2COC(COC(=O)[C@@H](N)CC(C)C)O2)c(=O)[nH]c1=O. The lowest BCUT2D eigenvalue weighted by atomic mass is 10.1. The summed E-state index contributed by atoms with van der Waals surface area (Å²) in [5.41, 5.74) is 5.09. The van der Waals surface area contributed by atoms with Gasteiger partial charge in [0.2, 0.25) is 0 Å². The van der Waals surface area contributed by atoms with E-state index in [4.69, 9.17) is 19.9 Å². The first-order chi connectivity index (χ1) is 11.3. The molecule has 24 heavy (non-hydrogen) atoms. The van der Waals surface area contributed by atoms with Gasteiger partial charge in [0.15, 0.2) is 12.5 Å². The van der Waals surface area contributed by atoms with Crippen molar-refractivity contribution < 1.29 is 19.0 Å². The molecule has 0 radical (unpaired) electrons. The highest BCUT2D eigenvalue weighted by Gasteiger charge is 2.30. The molecule has 1 saturated heterocycles. The van der Waals surface area contributed by atoms with Crippen molar-refractivity contribution in [1.82, 2.24) is 9.55 Å². The highest BCUT2D eigenvalue weighted by atomic mass is 16.7. The molecular weight excluding hydrogens is 318 g/mol. The number of hydrogen-bond donors (Lipinski definition) is 2. The fraction of sp³-hybridized carbons (Fsp3) is 0.667. The Kier molecular flexibility index (Phi) is 5.92. The number of ether oxygens (including phenoxy) is 3. The Morgan fingerprint density at radius 3 is 2.88 bits per heavy atom. The fourth-order valence-corrected chi connectivity index (χ4v) is 2.34. The zero-order valence-electron chi connectivity index (χ0n) is 14.0. The standard InChI is InChI=1S/C15H23N3O6/c1-8(2)4-10(16)14(20)23-7-12-22-6-11(24-12)18-5-9(3)13(19)17-15(18)21/h5,8,10-12H,4,6-7,16H2,1-3H3,(H,17,19,21)/t10-,11?,12?/m0/s1. The van der Waals surface area contributed by atoms with Crippen molar-refractivity contribution in [3.8, 4) is 0 Å². The van der Waals surface area contributed by atoms with Crippen molar-refractivity contribution in [1.29, 1.82) is 0 Å². The molecule has 0 spiro atoms. The van der Waals surface area contributed by atoms with Crippen LogP contribution < -0.4 is 17.0 Å². The molecular formula is C15H23N3O6. The number of rotatable bonds is 6. The summed E-state index contributed by atoms with van der Waals surface area (Å²) in [7, 11) is 0. The van der Waals surface area contributed by atoms with E-state index in [2.05, 4.69) is 4.98 Å². The fourth-order valence-electron chi connectivity index (χ4n) is 2.34. The third kappa shape index (κ3) is 4.53. The molecule has 0 aliphatic carbocycles. The van der Waals surface area contributed by atoms with Crippen LogP contribution in [0.2, 0.25) is 0 Å². The average Bonchev–Trinajstić information content (AvgIpc) is 2.96. The molecule has 134 valence electrons. The summed E-state index contributed by atoms with van der Waals surface area (Å²) in [5, 5.41) is 0. The maximum Gasteiger partial charge on any atom is 0.330 e. The van der Waals surface area contributed by atoms with E-state index in [0.29, 0.717) is 12.0 Å². The van der Waals surface area contributed by atoms with E-state index >= 15 is 0 Å². The van der Waals surface area contributed by atoms with Crippen molar-refractivity contribution in [3.63, 3.8) is 0 Å². The smallest absolute Gasteiger partial charge is 0.330 e. The van der Waals surface area contributed by atoms with E-state index in [1.807, 2.05) is 13.8 Å². The molecule has 3 atom stereocenters. The normalized spacial score (nSPS) is 21.9. The first-order valence-electron chi connectivity index (χ1n) is 7.79. The van der Waals surface area contributed by atoms with Crippen molar-refractivity contribution in [2.75, 3.05) is 13.2 Å². The number of carbonyl (C=O) groups is 1. The van der Waals surface area contributed by atoms with Gasteiger partial charge in [-0.15, -0.1) is 0 Å². The lowest BCUT2D eigenvalue weighted by Crippen LogP contribution is -2.36. The number of H-pyrrole nitrogens is 1. The number of aromatic amines is 1. The van der Waals surface area contributed by atoms with Crippen LogP contribution >= 0.6 is 0 Å². The van der Waals surface area contributed by atoms with Gasteiger partial charge in [-0.1, -0.05) is 13.8 Å². The predicted molar refractivity (Wildman–Crippen MR) is 84.3 cm³/mol. The molecule has 0 amide bonds. The van der Waals surface area contributed by atoms with E-state index in [-0.39, 0.29) is 19.1 Å². The molecule has 2 heterocycles. The third-order valence-electron chi connectivity index (χ3n) is 3.58. The van der Waals surface area contributed by atoms with Gasteiger partial charge in [-0.3, -0.25) is 19.1 Å². The minimum atomic E-state index is -0.788. The van der Waals surface area contributed by atoms with E-state index in [1.54, 1.807) is 6.92 Å². The third-order valence-corrected chi connectivity index (χ3v) is 3.58. The summed E-state index contributed by atoms with van der Waals surface area (Å²) in [6, 6.07) is -0.688. The molecule has 1 aromatic heterocycles. The van der Waals surface area contributed by atoms with Crippen molar-refractivity contribution in [2.24, 2.45) is 11.7 Å². The van der Waals surface area contributed by atoms with Gasteiger partial charge in [-0.2, -0.15) is 0 Å². The van der Waals surface area contributed by atoms with E-state index < -0.39 is 35.8 Å². The lowest BCUT2D eigenvalue weighted by molar-refractivity contribution is -0.161. The maximum atomic E-state index is 11.8. The second-order valence-corrected chi connectivity index (χ2v) is 6.20. The van der Waals surface area contributed by atoms with Gasteiger partial charge >= 0.3 is 11.7 Å². The van der Waals surface area contributed by atoms with Crippen LogP contribution in [0, 0.1) is 12.8 Å². The summed E-state index contributed by atoms with van der Waals surface area (Å²) < 4.78 is 17.2. The summed E-state index contributed by atoms with van der Waals surface area (Å²) >= 11 is 0. The van der Waals surface area contributed by atoms with Gasteiger partial charge in [-0.05, 0) is 19.3 Å². The predicted octanol–water partition coefficient (Wildman–Crippen LogP) is -0.367. The number of nitrogens with two attached hydrogens (primary N) is 1. The molecule has 1 aromatic rings. The molecule has 3 N–H and O–H groups in total.